The fraction of sp³-hybridized carbons (Fsp3) is 0.571. The normalized spacial score (nSPS) is 18.9. The molecule has 1 unspecified atom stereocenters. The largest absolute Gasteiger partial charge is 0.399 e. The van der Waals surface area contributed by atoms with Crippen molar-refractivity contribution in [2.75, 3.05) is 24.3 Å². The van der Waals surface area contributed by atoms with Crippen LogP contribution in [0.3, 0.4) is 0 Å². The SMILES string of the molecule is Cc1cc(NC(C)C2CCOCC2)ccc1N. The summed E-state index contributed by atoms with van der Waals surface area (Å²) in [7, 11) is 0. The van der Waals surface area contributed by atoms with Crippen molar-refractivity contribution < 1.29 is 4.74 Å². The third-order valence-electron chi connectivity index (χ3n) is 3.64. The maximum Gasteiger partial charge on any atom is 0.0469 e. The van der Waals surface area contributed by atoms with E-state index in [9.17, 15) is 0 Å². The van der Waals surface area contributed by atoms with Crippen LogP contribution in [0, 0.1) is 12.8 Å². The highest BCUT2D eigenvalue weighted by Crippen LogP contribution is 2.23. The Morgan fingerprint density at radius 3 is 2.71 bits per heavy atom. The molecule has 0 radical (unpaired) electrons. The summed E-state index contributed by atoms with van der Waals surface area (Å²) in [6, 6.07) is 6.62. The van der Waals surface area contributed by atoms with E-state index in [2.05, 4.69) is 24.4 Å². The molecule has 3 heteroatoms. The van der Waals surface area contributed by atoms with Crippen LogP contribution in [0.4, 0.5) is 11.4 Å². The van der Waals surface area contributed by atoms with E-state index in [1.54, 1.807) is 0 Å². The van der Waals surface area contributed by atoms with Crippen molar-refractivity contribution in [3.05, 3.63) is 23.8 Å². The van der Waals surface area contributed by atoms with Gasteiger partial charge >= 0.3 is 0 Å². The number of nitrogens with one attached hydrogen (secondary N) is 1. The molecule has 1 aromatic carbocycles. The molecule has 1 aliphatic heterocycles. The molecule has 3 N–H and O–H groups in total. The summed E-state index contributed by atoms with van der Waals surface area (Å²) in [6.07, 6.45) is 2.31. The summed E-state index contributed by atoms with van der Waals surface area (Å²) >= 11 is 0. The van der Waals surface area contributed by atoms with Gasteiger partial charge in [0.15, 0.2) is 0 Å². The molecule has 0 bridgehead atoms. The molecule has 1 fully saturated rings. The molecule has 1 aliphatic rings. The lowest BCUT2D eigenvalue weighted by atomic mass is 9.93. The number of anilines is 2. The van der Waals surface area contributed by atoms with E-state index in [0.717, 1.165) is 43.0 Å². The minimum absolute atomic E-state index is 0.488. The molecule has 0 saturated carbocycles. The van der Waals surface area contributed by atoms with Crippen molar-refractivity contribution in [2.24, 2.45) is 5.92 Å². The van der Waals surface area contributed by atoms with Crippen LogP contribution in [0.1, 0.15) is 25.3 Å². The second-order valence-corrected chi connectivity index (χ2v) is 4.95. The lowest BCUT2D eigenvalue weighted by Crippen LogP contribution is -2.30. The highest BCUT2D eigenvalue weighted by Gasteiger charge is 2.20. The number of nitrogens with two attached hydrogens (primary N) is 1. The number of benzene rings is 1. The van der Waals surface area contributed by atoms with Crippen molar-refractivity contribution >= 4 is 11.4 Å². The van der Waals surface area contributed by atoms with Gasteiger partial charge in [0.25, 0.3) is 0 Å². The Balaban J connectivity index is 1.96. The summed E-state index contributed by atoms with van der Waals surface area (Å²) in [5.74, 6) is 0.710. The van der Waals surface area contributed by atoms with E-state index in [1.807, 2.05) is 13.0 Å². The topological polar surface area (TPSA) is 47.3 Å². The Morgan fingerprint density at radius 1 is 1.35 bits per heavy atom. The summed E-state index contributed by atoms with van der Waals surface area (Å²) in [5.41, 5.74) is 8.97. The number of ether oxygens (including phenoxy) is 1. The van der Waals surface area contributed by atoms with Gasteiger partial charge in [-0.1, -0.05) is 0 Å². The van der Waals surface area contributed by atoms with Crippen molar-refractivity contribution in [1.82, 2.24) is 0 Å². The predicted molar refractivity (Wildman–Crippen MR) is 72.2 cm³/mol. The van der Waals surface area contributed by atoms with Crippen LogP contribution in [0.15, 0.2) is 18.2 Å². The fourth-order valence-electron chi connectivity index (χ4n) is 2.36. The molecule has 1 aromatic rings. The van der Waals surface area contributed by atoms with E-state index in [-0.39, 0.29) is 0 Å². The van der Waals surface area contributed by atoms with Crippen molar-refractivity contribution in [3.8, 4) is 0 Å². The first kappa shape index (κ1) is 12.2. The van der Waals surface area contributed by atoms with Crippen LogP contribution < -0.4 is 11.1 Å². The molecule has 1 atom stereocenters. The Bertz CT molecular complexity index is 372. The van der Waals surface area contributed by atoms with Gasteiger partial charge in [0.1, 0.15) is 0 Å². The van der Waals surface area contributed by atoms with Crippen LogP contribution in [0.5, 0.6) is 0 Å². The number of nitrogen functional groups attached to an aromatic ring is 1. The first-order valence-electron chi connectivity index (χ1n) is 6.37. The lowest BCUT2D eigenvalue weighted by molar-refractivity contribution is 0.0622. The van der Waals surface area contributed by atoms with E-state index in [1.165, 1.54) is 0 Å². The van der Waals surface area contributed by atoms with Gasteiger partial charge in [0.05, 0.1) is 0 Å². The van der Waals surface area contributed by atoms with Crippen molar-refractivity contribution in [1.29, 1.82) is 0 Å². The van der Waals surface area contributed by atoms with E-state index in [4.69, 9.17) is 10.5 Å². The molecule has 3 nitrogen and oxygen atoms in total. The molecule has 2 rings (SSSR count). The zero-order valence-corrected chi connectivity index (χ0v) is 10.7. The summed E-state index contributed by atoms with van der Waals surface area (Å²) < 4.78 is 5.39. The van der Waals surface area contributed by atoms with Gasteiger partial charge in [-0.15, -0.1) is 0 Å². The predicted octanol–water partition coefficient (Wildman–Crippen LogP) is 2.80. The number of hydrogen-bond acceptors (Lipinski definition) is 3. The molecule has 0 aliphatic carbocycles. The molecule has 0 aromatic heterocycles. The zero-order valence-electron chi connectivity index (χ0n) is 10.7. The monoisotopic (exact) mass is 234 g/mol. The molecule has 0 spiro atoms. The van der Waals surface area contributed by atoms with Gasteiger partial charge in [-0.05, 0) is 56.4 Å². The fourth-order valence-corrected chi connectivity index (χ4v) is 2.36. The smallest absolute Gasteiger partial charge is 0.0469 e. The van der Waals surface area contributed by atoms with Gasteiger partial charge in [-0.2, -0.15) is 0 Å². The second-order valence-electron chi connectivity index (χ2n) is 4.95. The van der Waals surface area contributed by atoms with Crippen molar-refractivity contribution in [3.63, 3.8) is 0 Å². The van der Waals surface area contributed by atoms with Crippen LogP contribution in [0.2, 0.25) is 0 Å². The summed E-state index contributed by atoms with van der Waals surface area (Å²) in [5, 5.41) is 3.57. The van der Waals surface area contributed by atoms with Gasteiger partial charge in [-0.25, -0.2) is 0 Å². The standard InChI is InChI=1S/C14H22N2O/c1-10-9-13(3-4-14(10)15)16-11(2)12-5-7-17-8-6-12/h3-4,9,11-12,16H,5-8,15H2,1-2H3. The average Bonchev–Trinajstić information content (AvgIpc) is 2.35. The van der Waals surface area contributed by atoms with Crippen LogP contribution >= 0.6 is 0 Å². The molecular formula is C14H22N2O. The quantitative estimate of drug-likeness (QED) is 0.791. The highest BCUT2D eigenvalue weighted by molar-refractivity contribution is 5.57. The molecule has 0 amide bonds. The first-order chi connectivity index (χ1) is 8.16. The maximum atomic E-state index is 5.82. The summed E-state index contributed by atoms with van der Waals surface area (Å²) in [4.78, 5) is 0. The molecule has 17 heavy (non-hydrogen) atoms. The third-order valence-corrected chi connectivity index (χ3v) is 3.64. The Morgan fingerprint density at radius 2 is 2.06 bits per heavy atom. The average molecular weight is 234 g/mol. The molecule has 1 heterocycles. The number of aryl methyl sites for hydroxylation is 1. The lowest BCUT2D eigenvalue weighted by Gasteiger charge is -2.29. The minimum atomic E-state index is 0.488. The molecular weight excluding hydrogens is 212 g/mol. The third kappa shape index (κ3) is 3.13. The Hall–Kier alpha value is -1.22. The van der Waals surface area contributed by atoms with E-state index < -0.39 is 0 Å². The van der Waals surface area contributed by atoms with Gasteiger partial charge in [0, 0.05) is 30.6 Å². The minimum Gasteiger partial charge on any atom is -0.399 e. The maximum absolute atomic E-state index is 5.82. The van der Waals surface area contributed by atoms with Crippen LogP contribution in [0.25, 0.3) is 0 Å². The summed E-state index contributed by atoms with van der Waals surface area (Å²) in [6.45, 7) is 6.09. The molecule has 1 saturated heterocycles. The van der Waals surface area contributed by atoms with Gasteiger partial charge < -0.3 is 15.8 Å². The van der Waals surface area contributed by atoms with Crippen LogP contribution in [-0.4, -0.2) is 19.3 Å². The Labute approximate surface area is 103 Å². The Kier molecular flexibility index (Phi) is 3.89. The van der Waals surface area contributed by atoms with E-state index >= 15 is 0 Å². The molecule has 94 valence electrons. The van der Waals surface area contributed by atoms with Gasteiger partial charge in [-0.3, -0.25) is 0 Å². The van der Waals surface area contributed by atoms with Crippen molar-refractivity contribution in [2.45, 2.75) is 32.7 Å². The first-order valence-corrected chi connectivity index (χ1v) is 6.37. The zero-order chi connectivity index (χ0) is 12.3. The second kappa shape index (κ2) is 5.41. The number of hydrogen-bond donors (Lipinski definition) is 2. The van der Waals surface area contributed by atoms with Gasteiger partial charge in [0.2, 0.25) is 0 Å². The highest BCUT2D eigenvalue weighted by atomic mass is 16.5. The van der Waals surface area contributed by atoms with E-state index in [0.29, 0.717) is 12.0 Å². The number of rotatable bonds is 3. The van der Waals surface area contributed by atoms with Crippen LogP contribution in [-0.2, 0) is 4.74 Å².